The molecular formula is C16H26N2O. The molecule has 1 aliphatic rings. The number of hydrogen-bond donors (Lipinski definition) is 1. The Morgan fingerprint density at radius 3 is 2.63 bits per heavy atom. The number of hydrogen-bond acceptors (Lipinski definition) is 3. The molecule has 0 spiro atoms. The maximum absolute atomic E-state index is 5.88. The second-order valence-electron chi connectivity index (χ2n) is 5.75. The maximum atomic E-state index is 5.88. The van der Waals surface area contributed by atoms with Gasteiger partial charge < -0.3 is 15.4 Å². The Morgan fingerprint density at radius 1 is 1.37 bits per heavy atom. The molecule has 1 atom stereocenters. The smallest absolute Gasteiger partial charge is 0.0485 e. The lowest BCUT2D eigenvalue weighted by Gasteiger charge is -2.33. The minimum absolute atomic E-state index is 0.220. The predicted molar refractivity (Wildman–Crippen MR) is 80.8 cm³/mol. The largest absolute Gasteiger partial charge is 0.381 e. The summed E-state index contributed by atoms with van der Waals surface area (Å²) in [6.45, 7) is 6.01. The number of benzene rings is 1. The Labute approximate surface area is 116 Å². The van der Waals surface area contributed by atoms with Crippen LogP contribution in [-0.2, 0) is 11.2 Å². The highest BCUT2D eigenvalue weighted by Crippen LogP contribution is 2.24. The van der Waals surface area contributed by atoms with E-state index in [9.17, 15) is 0 Å². The van der Waals surface area contributed by atoms with Gasteiger partial charge in [0.1, 0.15) is 0 Å². The Balaban J connectivity index is 2.09. The Hall–Kier alpha value is -1.06. The van der Waals surface area contributed by atoms with E-state index in [0.717, 1.165) is 32.5 Å². The van der Waals surface area contributed by atoms with Crippen molar-refractivity contribution in [2.75, 3.05) is 25.2 Å². The van der Waals surface area contributed by atoms with Gasteiger partial charge >= 0.3 is 0 Å². The molecule has 0 saturated carbocycles. The highest BCUT2D eigenvalue weighted by atomic mass is 16.5. The standard InChI is InChI=1S/C16H26N2O/c1-12-10-16(5-4-14(12)11-13(2)17)18(3)15-6-8-19-9-7-15/h4-5,10,13,15H,6-9,11,17H2,1-3H3. The van der Waals surface area contributed by atoms with Crippen LogP contribution in [0, 0.1) is 6.92 Å². The Morgan fingerprint density at radius 2 is 2.05 bits per heavy atom. The summed E-state index contributed by atoms with van der Waals surface area (Å²) in [6, 6.07) is 7.56. The van der Waals surface area contributed by atoms with Gasteiger partial charge in [0.2, 0.25) is 0 Å². The molecule has 2 N–H and O–H groups in total. The average molecular weight is 262 g/mol. The molecule has 1 heterocycles. The topological polar surface area (TPSA) is 38.5 Å². The minimum Gasteiger partial charge on any atom is -0.381 e. The number of nitrogens with two attached hydrogens (primary N) is 1. The average Bonchev–Trinajstić information content (AvgIpc) is 2.41. The first-order chi connectivity index (χ1) is 9.08. The van der Waals surface area contributed by atoms with Crippen LogP contribution < -0.4 is 10.6 Å². The molecule has 106 valence electrons. The molecular weight excluding hydrogens is 236 g/mol. The van der Waals surface area contributed by atoms with E-state index < -0.39 is 0 Å². The number of ether oxygens (including phenoxy) is 1. The highest BCUT2D eigenvalue weighted by Gasteiger charge is 2.19. The maximum Gasteiger partial charge on any atom is 0.0485 e. The van der Waals surface area contributed by atoms with Crippen molar-refractivity contribution in [3.05, 3.63) is 29.3 Å². The zero-order valence-corrected chi connectivity index (χ0v) is 12.4. The van der Waals surface area contributed by atoms with Gasteiger partial charge in [0.15, 0.2) is 0 Å². The van der Waals surface area contributed by atoms with Crippen LogP contribution in [0.25, 0.3) is 0 Å². The van der Waals surface area contributed by atoms with Crippen molar-refractivity contribution in [3.8, 4) is 0 Å². The molecule has 3 heteroatoms. The van der Waals surface area contributed by atoms with Crippen molar-refractivity contribution in [2.24, 2.45) is 5.73 Å². The van der Waals surface area contributed by atoms with Crippen LogP contribution in [0.4, 0.5) is 5.69 Å². The highest BCUT2D eigenvalue weighted by molar-refractivity contribution is 5.51. The first-order valence-corrected chi connectivity index (χ1v) is 7.23. The first-order valence-electron chi connectivity index (χ1n) is 7.23. The van der Waals surface area contributed by atoms with E-state index in [-0.39, 0.29) is 6.04 Å². The third-order valence-corrected chi connectivity index (χ3v) is 4.01. The molecule has 0 amide bonds. The van der Waals surface area contributed by atoms with Crippen LogP contribution in [0.3, 0.4) is 0 Å². The van der Waals surface area contributed by atoms with Gasteiger partial charge in [-0.25, -0.2) is 0 Å². The molecule has 1 fully saturated rings. The summed E-state index contributed by atoms with van der Waals surface area (Å²) in [5.74, 6) is 0. The number of anilines is 1. The number of nitrogens with zero attached hydrogens (tertiary/aromatic N) is 1. The lowest BCUT2D eigenvalue weighted by molar-refractivity contribution is 0.0855. The van der Waals surface area contributed by atoms with Crippen LogP contribution in [-0.4, -0.2) is 32.3 Å². The van der Waals surface area contributed by atoms with Gasteiger partial charge in [0.05, 0.1) is 0 Å². The summed E-state index contributed by atoms with van der Waals surface area (Å²) < 4.78 is 5.43. The van der Waals surface area contributed by atoms with Crippen molar-refractivity contribution < 1.29 is 4.74 Å². The fourth-order valence-corrected chi connectivity index (χ4v) is 2.76. The molecule has 0 aromatic heterocycles. The number of aryl methyl sites for hydroxylation is 1. The summed E-state index contributed by atoms with van der Waals surface area (Å²) >= 11 is 0. The van der Waals surface area contributed by atoms with Crippen molar-refractivity contribution in [1.29, 1.82) is 0 Å². The molecule has 3 nitrogen and oxygen atoms in total. The molecule has 1 aromatic carbocycles. The van der Waals surface area contributed by atoms with Crippen molar-refractivity contribution >= 4 is 5.69 Å². The fraction of sp³-hybridized carbons (Fsp3) is 0.625. The van der Waals surface area contributed by atoms with Crippen molar-refractivity contribution in [1.82, 2.24) is 0 Å². The van der Waals surface area contributed by atoms with Gasteiger partial charge in [0, 0.05) is 38.0 Å². The predicted octanol–water partition coefficient (Wildman–Crippen LogP) is 2.50. The van der Waals surface area contributed by atoms with Crippen LogP contribution in [0.2, 0.25) is 0 Å². The summed E-state index contributed by atoms with van der Waals surface area (Å²) in [7, 11) is 2.19. The van der Waals surface area contributed by atoms with Crippen LogP contribution in [0.5, 0.6) is 0 Å². The molecule has 0 bridgehead atoms. The van der Waals surface area contributed by atoms with Crippen LogP contribution >= 0.6 is 0 Å². The summed E-state index contributed by atoms with van der Waals surface area (Å²) in [5.41, 5.74) is 9.89. The van der Waals surface area contributed by atoms with Gasteiger partial charge in [-0.2, -0.15) is 0 Å². The third-order valence-electron chi connectivity index (χ3n) is 4.01. The quantitative estimate of drug-likeness (QED) is 0.906. The van der Waals surface area contributed by atoms with Crippen molar-refractivity contribution in [3.63, 3.8) is 0 Å². The second kappa shape index (κ2) is 6.40. The molecule has 1 saturated heterocycles. The zero-order valence-electron chi connectivity index (χ0n) is 12.4. The molecule has 1 unspecified atom stereocenters. The van der Waals surface area contributed by atoms with Crippen LogP contribution in [0.15, 0.2) is 18.2 Å². The monoisotopic (exact) mass is 262 g/mol. The van der Waals surface area contributed by atoms with E-state index in [1.165, 1.54) is 16.8 Å². The number of rotatable bonds is 4. The molecule has 0 radical (unpaired) electrons. The van der Waals surface area contributed by atoms with Gasteiger partial charge in [-0.3, -0.25) is 0 Å². The molecule has 2 rings (SSSR count). The normalized spacial score (nSPS) is 18.3. The first kappa shape index (κ1) is 14.4. The Bertz CT molecular complexity index is 411. The minimum atomic E-state index is 0.220. The second-order valence-corrected chi connectivity index (χ2v) is 5.75. The molecule has 1 aliphatic heterocycles. The van der Waals surface area contributed by atoms with E-state index in [4.69, 9.17) is 10.5 Å². The lowest BCUT2D eigenvalue weighted by atomic mass is 10.0. The van der Waals surface area contributed by atoms with Gasteiger partial charge in [-0.15, -0.1) is 0 Å². The molecule has 19 heavy (non-hydrogen) atoms. The van der Waals surface area contributed by atoms with E-state index in [0.29, 0.717) is 6.04 Å². The van der Waals surface area contributed by atoms with Gasteiger partial charge in [-0.1, -0.05) is 6.07 Å². The SMILES string of the molecule is Cc1cc(N(C)C2CCOCC2)ccc1CC(C)N. The van der Waals surface area contributed by atoms with E-state index in [1.807, 2.05) is 0 Å². The van der Waals surface area contributed by atoms with Crippen molar-refractivity contribution in [2.45, 2.75) is 45.2 Å². The zero-order chi connectivity index (χ0) is 13.8. The molecule has 0 aliphatic carbocycles. The van der Waals surface area contributed by atoms with Gasteiger partial charge in [-0.05, 0) is 56.4 Å². The van der Waals surface area contributed by atoms with E-state index in [2.05, 4.69) is 44.0 Å². The summed E-state index contributed by atoms with van der Waals surface area (Å²) in [4.78, 5) is 2.39. The van der Waals surface area contributed by atoms with E-state index >= 15 is 0 Å². The third kappa shape index (κ3) is 3.71. The summed E-state index contributed by atoms with van der Waals surface area (Å²) in [6.07, 6.45) is 3.20. The Kier molecular flexibility index (Phi) is 4.83. The lowest BCUT2D eigenvalue weighted by Crippen LogP contribution is -2.36. The van der Waals surface area contributed by atoms with Crippen LogP contribution in [0.1, 0.15) is 30.9 Å². The fourth-order valence-electron chi connectivity index (χ4n) is 2.76. The molecule has 1 aromatic rings. The van der Waals surface area contributed by atoms with E-state index in [1.54, 1.807) is 0 Å². The summed E-state index contributed by atoms with van der Waals surface area (Å²) in [5, 5.41) is 0. The van der Waals surface area contributed by atoms with Gasteiger partial charge in [0.25, 0.3) is 0 Å².